The molecule has 0 atom stereocenters. The first-order chi connectivity index (χ1) is 9.06. The van der Waals surface area contributed by atoms with E-state index in [2.05, 4.69) is 30.2 Å². The third-order valence-electron chi connectivity index (χ3n) is 2.78. The molecule has 102 valence electrons. The second-order valence-corrected chi connectivity index (χ2v) is 6.16. The maximum Gasteiger partial charge on any atom is 0.169 e. The lowest BCUT2D eigenvalue weighted by molar-refractivity contribution is 0.243. The molecule has 0 unspecified atom stereocenters. The summed E-state index contributed by atoms with van der Waals surface area (Å²) >= 11 is 1.82. The van der Waals surface area contributed by atoms with Crippen molar-refractivity contribution in [2.24, 2.45) is 0 Å². The third-order valence-corrected chi connectivity index (χ3v) is 3.93. The minimum absolute atomic E-state index is 0.149. The number of hydrogen-bond donors (Lipinski definition) is 1. The van der Waals surface area contributed by atoms with Gasteiger partial charge < -0.3 is 10.1 Å². The van der Waals surface area contributed by atoms with Gasteiger partial charge in [0, 0.05) is 16.0 Å². The van der Waals surface area contributed by atoms with Crippen LogP contribution in [-0.2, 0) is 6.54 Å². The predicted octanol–water partition coefficient (Wildman–Crippen LogP) is 4.16. The number of aromatic nitrogens is 1. The fourth-order valence-corrected chi connectivity index (χ4v) is 2.77. The Morgan fingerprint density at radius 1 is 1.37 bits per heavy atom. The highest BCUT2D eigenvalue weighted by atomic mass is 32.1. The van der Waals surface area contributed by atoms with Crippen LogP contribution >= 0.6 is 11.3 Å². The molecule has 0 saturated carbocycles. The molecule has 19 heavy (non-hydrogen) atoms. The molecule has 0 aliphatic rings. The Balaban J connectivity index is 2.06. The minimum atomic E-state index is 0.149. The van der Waals surface area contributed by atoms with Crippen molar-refractivity contribution in [3.8, 4) is 5.75 Å². The molecule has 0 aliphatic heterocycles. The summed E-state index contributed by atoms with van der Waals surface area (Å²) in [6.07, 6.45) is 1.93. The van der Waals surface area contributed by atoms with Gasteiger partial charge in [-0.1, -0.05) is 0 Å². The van der Waals surface area contributed by atoms with E-state index in [4.69, 9.17) is 4.74 Å². The number of pyridine rings is 1. The Hall–Kier alpha value is -1.55. The van der Waals surface area contributed by atoms with E-state index in [0.717, 1.165) is 18.1 Å². The highest BCUT2D eigenvalue weighted by Gasteiger charge is 2.07. The lowest BCUT2D eigenvalue weighted by Crippen LogP contribution is -2.09. The van der Waals surface area contributed by atoms with Crippen LogP contribution in [0.15, 0.2) is 24.4 Å². The highest BCUT2D eigenvalue weighted by Crippen LogP contribution is 2.25. The fraction of sp³-hybridized carbons (Fsp3) is 0.400. The molecule has 0 aromatic carbocycles. The zero-order valence-electron chi connectivity index (χ0n) is 11.9. The van der Waals surface area contributed by atoms with Crippen molar-refractivity contribution in [2.45, 2.75) is 40.3 Å². The van der Waals surface area contributed by atoms with Crippen LogP contribution in [0.1, 0.15) is 29.2 Å². The average molecular weight is 276 g/mol. The van der Waals surface area contributed by atoms with E-state index in [1.807, 2.05) is 37.3 Å². The second kappa shape index (κ2) is 6.06. The molecular formula is C15H20N2OS. The van der Waals surface area contributed by atoms with Crippen molar-refractivity contribution in [3.05, 3.63) is 39.7 Å². The Morgan fingerprint density at radius 2 is 2.16 bits per heavy atom. The van der Waals surface area contributed by atoms with Crippen LogP contribution in [0.3, 0.4) is 0 Å². The SMILES string of the molecule is Cc1cc(CNc2ncccc2OC(C)C)sc1C. The van der Waals surface area contributed by atoms with Gasteiger partial charge in [-0.2, -0.15) is 0 Å². The van der Waals surface area contributed by atoms with Crippen LogP contribution in [0.5, 0.6) is 5.75 Å². The van der Waals surface area contributed by atoms with E-state index in [1.165, 1.54) is 15.3 Å². The third kappa shape index (κ3) is 3.70. The summed E-state index contributed by atoms with van der Waals surface area (Å²) in [7, 11) is 0. The molecule has 3 nitrogen and oxygen atoms in total. The topological polar surface area (TPSA) is 34.2 Å². The molecular weight excluding hydrogens is 256 g/mol. The number of rotatable bonds is 5. The van der Waals surface area contributed by atoms with Gasteiger partial charge in [0.15, 0.2) is 11.6 Å². The maximum absolute atomic E-state index is 5.74. The molecule has 4 heteroatoms. The lowest BCUT2D eigenvalue weighted by atomic mass is 10.3. The highest BCUT2D eigenvalue weighted by molar-refractivity contribution is 7.12. The molecule has 0 amide bonds. The van der Waals surface area contributed by atoms with E-state index in [1.54, 1.807) is 6.20 Å². The van der Waals surface area contributed by atoms with Crippen molar-refractivity contribution >= 4 is 17.2 Å². The van der Waals surface area contributed by atoms with Gasteiger partial charge in [0.05, 0.1) is 12.6 Å². The summed E-state index contributed by atoms with van der Waals surface area (Å²) in [6.45, 7) is 9.11. The number of aryl methyl sites for hydroxylation is 2. The maximum atomic E-state index is 5.74. The molecule has 0 spiro atoms. The zero-order valence-corrected chi connectivity index (χ0v) is 12.7. The number of hydrogen-bond acceptors (Lipinski definition) is 4. The van der Waals surface area contributed by atoms with Crippen molar-refractivity contribution in [3.63, 3.8) is 0 Å². The van der Waals surface area contributed by atoms with Crippen molar-refractivity contribution in [1.82, 2.24) is 4.98 Å². The van der Waals surface area contributed by atoms with Crippen LogP contribution in [0.4, 0.5) is 5.82 Å². The van der Waals surface area contributed by atoms with Crippen LogP contribution in [0.2, 0.25) is 0 Å². The second-order valence-electron chi connectivity index (χ2n) is 4.82. The molecule has 0 fully saturated rings. The minimum Gasteiger partial charge on any atom is -0.487 e. The molecule has 0 bridgehead atoms. The average Bonchev–Trinajstić information content (AvgIpc) is 2.67. The van der Waals surface area contributed by atoms with Crippen molar-refractivity contribution in [1.29, 1.82) is 0 Å². The quantitative estimate of drug-likeness (QED) is 0.890. The fourth-order valence-electron chi connectivity index (χ4n) is 1.78. The predicted molar refractivity (Wildman–Crippen MR) is 81.1 cm³/mol. The van der Waals surface area contributed by atoms with Gasteiger partial charge in [-0.05, 0) is 51.5 Å². The van der Waals surface area contributed by atoms with E-state index in [9.17, 15) is 0 Å². The summed E-state index contributed by atoms with van der Waals surface area (Å²) in [5, 5.41) is 3.35. The first-order valence-electron chi connectivity index (χ1n) is 6.47. The summed E-state index contributed by atoms with van der Waals surface area (Å²) < 4.78 is 5.74. The van der Waals surface area contributed by atoms with Gasteiger partial charge in [-0.25, -0.2) is 4.98 Å². The number of anilines is 1. The Bertz CT molecular complexity index is 529. The Kier molecular flexibility index (Phi) is 4.43. The zero-order chi connectivity index (χ0) is 13.8. The molecule has 2 aromatic heterocycles. The molecule has 2 heterocycles. The molecule has 2 aromatic rings. The van der Waals surface area contributed by atoms with Crippen LogP contribution in [0.25, 0.3) is 0 Å². The summed E-state index contributed by atoms with van der Waals surface area (Å²) in [6, 6.07) is 6.06. The van der Waals surface area contributed by atoms with E-state index < -0.39 is 0 Å². The number of nitrogens with one attached hydrogen (secondary N) is 1. The van der Waals surface area contributed by atoms with Gasteiger partial charge in [-0.15, -0.1) is 11.3 Å². The molecule has 0 aliphatic carbocycles. The van der Waals surface area contributed by atoms with Gasteiger partial charge in [0.2, 0.25) is 0 Å². The number of nitrogens with zero attached hydrogens (tertiary/aromatic N) is 1. The van der Waals surface area contributed by atoms with Crippen LogP contribution in [-0.4, -0.2) is 11.1 Å². The standard InChI is InChI=1S/C15H20N2OS/c1-10(2)18-14-6-5-7-16-15(14)17-9-13-8-11(3)12(4)19-13/h5-8,10H,9H2,1-4H3,(H,16,17). The smallest absolute Gasteiger partial charge is 0.169 e. The largest absolute Gasteiger partial charge is 0.487 e. The van der Waals surface area contributed by atoms with E-state index in [0.29, 0.717) is 0 Å². The van der Waals surface area contributed by atoms with E-state index >= 15 is 0 Å². The Labute approximate surface area is 118 Å². The normalized spacial score (nSPS) is 10.8. The van der Waals surface area contributed by atoms with Crippen molar-refractivity contribution < 1.29 is 4.74 Å². The summed E-state index contributed by atoms with van der Waals surface area (Å²) in [5.74, 6) is 1.61. The van der Waals surface area contributed by atoms with E-state index in [-0.39, 0.29) is 6.10 Å². The molecule has 2 rings (SSSR count). The molecule has 0 saturated heterocycles. The van der Waals surface area contributed by atoms with Gasteiger partial charge >= 0.3 is 0 Å². The summed E-state index contributed by atoms with van der Waals surface area (Å²) in [5.41, 5.74) is 1.35. The van der Waals surface area contributed by atoms with Gasteiger partial charge in [0.1, 0.15) is 0 Å². The number of thiophene rings is 1. The number of ether oxygens (including phenoxy) is 1. The Morgan fingerprint density at radius 3 is 2.79 bits per heavy atom. The summed E-state index contributed by atoms with van der Waals surface area (Å²) in [4.78, 5) is 7.03. The molecule has 1 N–H and O–H groups in total. The first-order valence-corrected chi connectivity index (χ1v) is 7.29. The van der Waals surface area contributed by atoms with Gasteiger partial charge in [0.25, 0.3) is 0 Å². The van der Waals surface area contributed by atoms with Gasteiger partial charge in [-0.3, -0.25) is 0 Å². The van der Waals surface area contributed by atoms with Crippen LogP contribution in [0, 0.1) is 13.8 Å². The monoisotopic (exact) mass is 276 g/mol. The van der Waals surface area contributed by atoms with Crippen LogP contribution < -0.4 is 10.1 Å². The van der Waals surface area contributed by atoms with Crippen molar-refractivity contribution in [2.75, 3.05) is 5.32 Å². The first kappa shape index (κ1) is 13.9. The molecule has 0 radical (unpaired) electrons. The lowest BCUT2D eigenvalue weighted by Gasteiger charge is -2.13.